The summed E-state index contributed by atoms with van der Waals surface area (Å²) < 4.78 is 5.13. The van der Waals surface area contributed by atoms with Gasteiger partial charge in [0.1, 0.15) is 0 Å². The average molecular weight is 272 g/mol. The first kappa shape index (κ1) is 9.09. The molecule has 0 aromatic heterocycles. The fourth-order valence-corrected chi connectivity index (χ4v) is 7.65. The van der Waals surface area contributed by atoms with E-state index in [4.69, 9.17) is 4.74 Å². The summed E-state index contributed by atoms with van der Waals surface area (Å²) in [5, 5.41) is 2.97. The molecule has 1 saturated heterocycles. The molecule has 0 aliphatic carbocycles. The summed E-state index contributed by atoms with van der Waals surface area (Å²) in [5.41, 5.74) is 0. The molecular weight excluding hydrogens is 258 g/mol. The third kappa shape index (κ3) is 4.76. The zero-order valence-electron chi connectivity index (χ0n) is 6.34. The molecule has 0 spiro atoms. The fourth-order valence-electron chi connectivity index (χ4n) is 0.615. The van der Waals surface area contributed by atoms with Crippen LogP contribution in [0.15, 0.2) is 0 Å². The van der Waals surface area contributed by atoms with Crippen LogP contribution in [0.3, 0.4) is 0 Å². The van der Waals surface area contributed by atoms with E-state index < -0.39 is 0 Å². The summed E-state index contributed by atoms with van der Waals surface area (Å²) in [5.74, 6) is 0. The monoisotopic (exact) mass is 274 g/mol. The summed E-state index contributed by atoms with van der Waals surface area (Å²) >= 11 is 1.98. The number of hydrogen-bond acceptors (Lipinski definition) is 1. The molecule has 1 unspecified atom stereocenters. The van der Waals surface area contributed by atoms with Gasteiger partial charge in [0.15, 0.2) is 0 Å². The van der Waals surface area contributed by atoms with Crippen LogP contribution in [-0.2, 0) is 4.74 Å². The molecule has 0 N–H and O–H groups in total. The number of ether oxygens (including phenoxy) is 1. The minimum atomic E-state index is 0.680. The Balaban J connectivity index is 1.68. The second-order valence-corrected chi connectivity index (χ2v) is 10.2. The molecule has 1 rings (SSSR count). The summed E-state index contributed by atoms with van der Waals surface area (Å²) in [6, 6.07) is 0. The molecule has 10 heavy (non-hydrogen) atoms. The van der Waals surface area contributed by atoms with Crippen molar-refractivity contribution >= 4 is 26.3 Å². The van der Waals surface area contributed by atoms with Gasteiger partial charge >= 0.3 is 74.1 Å². The Bertz CT molecular complexity index is 83.7. The molecule has 0 saturated carbocycles. The second kappa shape index (κ2) is 5.62. The average Bonchev–Trinajstić information content (AvgIpc) is 2.71. The van der Waals surface area contributed by atoms with E-state index >= 15 is 0 Å². The van der Waals surface area contributed by atoms with Crippen LogP contribution in [0.2, 0.25) is 10.6 Å². The number of epoxide rings is 1. The van der Waals surface area contributed by atoms with Gasteiger partial charge < -0.3 is 0 Å². The molecule has 60 valence electrons. The summed E-state index contributed by atoms with van der Waals surface area (Å²) in [7, 11) is 0. The van der Waals surface area contributed by atoms with E-state index in [0.29, 0.717) is 6.10 Å². The van der Waals surface area contributed by atoms with Crippen molar-refractivity contribution in [2.45, 2.75) is 36.5 Å². The van der Waals surface area contributed by atoms with Gasteiger partial charge in [-0.1, -0.05) is 0 Å². The van der Waals surface area contributed by atoms with Gasteiger partial charge in [0.2, 0.25) is 0 Å². The van der Waals surface area contributed by atoms with Gasteiger partial charge in [0, 0.05) is 0 Å². The van der Waals surface area contributed by atoms with Gasteiger partial charge in [0.05, 0.1) is 0 Å². The van der Waals surface area contributed by atoms with Crippen molar-refractivity contribution in [3.05, 3.63) is 0 Å². The molecule has 1 atom stereocenters. The molecule has 1 aliphatic rings. The van der Waals surface area contributed by atoms with E-state index in [0.717, 1.165) is 32.9 Å². The second-order valence-electron chi connectivity index (χ2n) is 2.39. The Morgan fingerprint density at radius 1 is 1.40 bits per heavy atom. The van der Waals surface area contributed by atoms with Gasteiger partial charge in [0.25, 0.3) is 0 Å². The third-order valence-electron chi connectivity index (χ3n) is 1.30. The number of hydrogen-bond donors (Lipinski definition) is 0. The molecule has 0 amide bonds. The molecule has 1 fully saturated rings. The molecule has 1 heterocycles. The first-order chi connectivity index (χ1) is 4.93. The summed E-state index contributed by atoms with van der Waals surface area (Å²) in [6.07, 6.45) is 3.42. The van der Waals surface area contributed by atoms with Crippen molar-refractivity contribution < 1.29 is 4.74 Å². The first-order valence-electron chi connectivity index (χ1n) is 3.79. The van der Waals surface area contributed by atoms with Crippen molar-refractivity contribution in [2.24, 2.45) is 0 Å². The van der Waals surface area contributed by atoms with E-state index in [9.17, 15) is 0 Å². The van der Waals surface area contributed by atoms with Crippen LogP contribution in [0.5, 0.6) is 0 Å². The summed E-state index contributed by atoms with van der Waals surface area (Å²) in [4.78, 5) is 0. The Morgan fingerprint density at radius 2 is 2.10 bits per heavy atom. The van der Waals surface area contributed by atoms with Gasteiger partial charge in [-0.15, -0.1) is 0 Å². The van der Waals surface area contributed by atoms with Crippen molar-refractivity contribution in [3.8, 4) is 0 Å². The predicted octanol–water partition coefficient (Wildman–Crippen LogP) is 1.35. The molecule has 0 aromatic carbocycles. The quantitative estimate of drug-likeness (QED) is 0.404. The topological polar surface area (TPSA) is 12.5 Å². The molecule has 0 bridgehead atoms. The van der Waals surface area contributed by atoms with Crippen LogP contribution in [0.25, 0.3) is 0 Å². The van der Waals surface area contributed by atoms with E-state index in [-0.39, 0.29) is 0 Å². The van der Waals surface area contributed by atoms with Crippen LogP contribution in [-0.4, -0.2) is 39.0 Å². The van der Waals surface area contributed by atoms with E-state index in [2.05, 4.69) is 6.92 Å². The van der Waals surface area contributed by atoms with Gasteiger partial charge in [-0.3, -0.25) is 0 Å². The molecule has 1 nitrogen and oxygen atoms in total. The Morgan fingerprint density at radius 3 is 2.70 bits per heavy atom. The SMILES string of the molecule is CCC[Se][Se]CCC1CO1. The Hall–Kier alpha value is 0.999. The Labute approximate surface area is 74.2 Å². The standard InChI is InChI=1S/C7H14OSe2/c1-2-4-9-10-5-3-7-6-8-7/h7H,2-6H2,1H3. The van der Waals surface area contributed by atoms with E-state index in [1.165, 1.54) is 23.5 Å². The molecule has 0 radical (unpaired) electrons. The van der Waals surface area contributed by atoms with Crippen LogP contribution in [0.1, 0.15) is 19.8 Å². The van der Waals surface area contributed by atoms with Crippen LogP contribution >= 0.6 is 0 Å². The Kier molecular flexibility index (Phi) is 5.11. The van der Waals surface area contributed by atoms with Gasteiger partial charge in [-0.25, -0.2) is 0 Å². The van der Waals surface area contributed by atoms with Crippen LogP contribution in [0, 0.1) is 0 Å². The van der Waals surface area contributed by atoms with Crippen molar-refractivity contribution in [2.75, 3.05) is 6.61 Å². The third-order valence-corrected chi connectivity index (χ3v) is 9.15. The van der Waals surface area contributed by atoms with Crippen molar-refractivity contribution in [3.63, 3.8) is 0 Å². The normalized spacial score (nSPS) is 23.1. The zero-order valence-corrected chi connectivity index (χ0v) is 9.76. The van der Waals surface area contributed by atoms with Crippen LogP contribution < -0.4 is 0 Å². The van der Waals surface area contributed by atoms with E-state index in [1.807, 2.05) is 0 Å². The first-order valence-corrected chi connectivity index (χ1v) is 10.5. The molecular formula is C7H14OSe2. The number of rotatable bonds is 6. The van der Waals surface area contributed by atoms with Crippen molar-refractivity contribution in [1.82, 2.24) is 0 Å². The fraction of sp³-hybridized carbons (Fsp3) is 1.00. The molecule has 1 aliphatic heterocycles. The van der Waals surface area contributed by atoms with Crippen LogP contribution in [0.4, 0.5) is 0 Å². The van der Waals surface area contributed by atoms with Gasteiger partial charge in [-0.2, -0.15) is 0 Å². The van der Waals surface area contributed by atoms with Crippen molar-refractivity contribution in [1.29, 1.82) is 0 Å². The molecule has 0 aromatic rings. The zero-order chi connectivity index (χ0) is 7.23. The summed E-state index contributed by atoms with van der Waals surface area (Å²) in [6.45, 7) is 3.33. The maximum atomic E-state index is 5.13. The molecule has 3 heteroatoms. The van der Waals surface area contributed by atoms with E-state index in [1.54, 1.807) is 0 Å². The predicted molar refractivity (Wildman–Crippen MR) is 45.8 cm³/mol. The maximum absolute atomic E-state index is 5.13. The minimum absolute atomic E-state index is 0.680. The van der Waals surface area contributed by atoms with Gasteiger partial charge in [-0.05, 0) is 0 Å².